The largest absolute Gasteiger partial charge is 0.504 e. The quantitative estimate of drug-likeness (QED) is 0.435. The van der Waals surface area contributed by atoms with E-state index in [0.29, 0.717) is 34.5 Å². The molecule has 1 heterocycles. The number of phenolic OH excluding ortho intramolecular Hbond substituents is 1. The number of halogens is 1. The highest BCUT2D eigenvalue weighted by molar-refractivity contribution is 6.31. The zero-order valence-electron chi connectivity index (χ0n) is 16.6. The van der Waals surface area contributed by atoms with Crippen LogP contribution in [0, 0.1) is 5.82 Å². The Bertz CT molecular complexity index is 1220. The first kappa shape index (κ1) is 20.2. The molecule has 0 saturated heterocycles. The van der Waals surface area contributed by atoms with Gasteiger partial charge in [-0.05, 0) is 53.1 Å². The van der Waals surface area contributed by atoms with Gasteiger partial charge in [0.1, 0.15) is 5.82 Å². The number of methoxy groups -OCH3 is 1. The predicted octanol–water partition coefficient (Wildman–Crippen LogP) is 3.61. The lowest BCUT2D eigenvalue weighted by molar-refractivity contribution is -0.114. The van der Waals surface area contributed by atoms with Crippen LogP contribution in [0.2, 0.25) is 0 Å². The van der Waals surface area contributed by atoms with Crippen molar-refractivity contribution >= 4 is 17.4 Å². The third-order valence-corrected chi connectivity index (χ3v) is 4.98. The number of carbonyl (C=O) groups excluding carboxylic acids is 2. The minimum atomic E-state index is -0.529. The molecule has 31 heavy (non-hydrogen) atoms. The van der Waals surface area contributed by atoms with Crippen molar-refractivity contribution in [2.45, 2.75) is 6.54 Å². The van der Waals surface area contributed by atoms with E-state index in [1.807, 2.05) is 0 Å². The van der Waals surface area contributed by atoms with E-state index in [1.165, 1.54) is 25.4 Å². The van der Waals surface area contributed by atoms with Crippen LogP contribution < -0.4 is 15.4 Å². The van der Waals surface area contributed by atoms with Crippen molar-refractivity contribution in [2.24, 2.45) is 0 Å². The van der Waals surface area contributed by atoms with Crippen molar-refractivity contribution in [3.63, 3.8) is 0 Å². The van der Waals surface area contributed by atoms with Crippen LogP contribution >= 0.6 is 0 Å². The second kappa shape index (κ2) is 8.31. The predicted molar refractivity (Wildman–Crippen MR) is 114 cm³/mol. The van der Waals surface area contributed by atoms with E-state index in [4.69, 9.17) is 4.74 Å². The number of ether oxygens (including phenoxy) is 1. The van der Waals surface area contributed by atoms with Gasteiger partial charge >= 0.3 is 0 Å². The number of hydrogen-bond acceptors (Lipinski definition) is 5. The van der Waals surface area contributed by atoms with Gasteiger partial charge in [0.15, 0.2) is 11.5 Å². The van der Waals surface area contributed by atoms with Gasteiger partial charge in [-0.25, -0.2) is 4.39 Å². The Hall–Kier alpha value is -4.13. The standard InChI is InChI=1S/C24H19FN2O4/c1-31-22-8-5-14(9-21(22)28)12-26-13-20-19-11-16(15-3-2-4-17(25)10-15)6-7-18(19)23(29)27-24(20)30/h2-11,13,26,28H,12H2,1H3,(H,27,29,30)/b20-13-. The summed E-state index contributed by atoms with van der Waals surface area (Å²) in [6.07, 6.45) is 1.53. The minimum absolute atomic E-state index is 0.0144. The topological polar surface area (TPSA) is 87.7 Å². The fraction of sp³-hybridized carbons (Fsp3) is 0.0833. The van der Waals surface area contributed by atoms with Crippen LogP contribution in [0.3, 0.4) is 0 Å². The first-order chi connectivity index (χ1) is 15.0. The Morgan fingerprint density at radius 1 is 1.00 bits per heavy atom. The third-order valence-electron chi connectivity index (χ3n) is 4.98. The second-order valence-electron chi connectivity index (χ2n) is 7.00. The summed E-state index contributed by atoms with van der Waals surface area (Å²) < 4.78 is 18.7. The number of nitrogens with one attached hydrogen (secondary N) is 2. The maximum atomic E-state index is 13.6. The Kier molecular flexibility index (Phi) is 5.41. The fourth-order valence-electron chi connectivity index (χ4n) is 3.43. The molecule has 3 aromatic carbocycles. The summed E-state index contributed by atoms with van der Waals surface area (Å²) in [5.74, 6) is -1.00. The van der Waals surface area contributed by atoms with Gasteiger partial charge in [0.05, 0.1) is 12.7 Å². The molecule has 0 aliphatic carbocycles. The molecule has 6 nitrogen and oxygen atoms in total. The highest BCUT2D eigenvalue weighted by atomic mass is 19.1. The van der Waals surface area contributed by atoms with E-state index in [-0.39, 0.29) is 17.1 Å². The van der Waals surface area contributed by atoms with Crippen LogP contribution in [-0.4, -0.2) is 24.0 Å². The molecule has 0 unspecified atom stereocenters. The molecule has 0 saturated carbocycles. The zero-order chi connectivity index (χ0) is 22.0. The second-order valence-corrected chi connectivity index (χ2v) is 7.00. The van der Waals surface area contributed by atoms with Crippen LogP contribution in [0.15, 0.2) is 66.9 Å². The number of hydrogen-bond donors (Lipinski definition) is 3. The summed E-state index contributed by atoms with van der Waals surface area (Å²) in [5, 5.41) is 15.3. The molecule has 7 heteroatoms. The van der Waals surface area contributed by atoms with Gasteiger partial charge in [-0.1, -0.05) is 24.3 Å². The molecule has 0 bridgehead atoms. The summed E-state index contributed by atoms with van der Waals surface area (Å²) >= 11 is 0. The number of amides is 2. The van der Waals surface area contributed by atoms with Gasteiger partial charge < -0.3 is 15.2 Å². The van der Waals surface area contributed by atoms with Crippen molar-refractivity contribution in [3.05, 3.63) is 89.4 Å². The van der Waals surface area contributed by atoms with Crippen LogP contribution in [-0.2, 0) is 11.3 Å². The molecule has 0 radical (unpaired) electrons. The van der Waals surface area contributed by atoms with Gasteiger partial charge in [0, 0.05) is 23.9 Å². The number of benzene rings is 3. The third kappa shape index (κ3) is 4.11. The molecule has 2 amide bonds. The Labute approximate surface area is 178 Å². The van der Waals surface area contributed by atoms with E-state index >= 15 is 0 Å². The van der Waals surface area contributed by atoms with Crippen molar-refractivity contribution < 1.29 is 23.8 Å². The summed E-state index contributed by atoms with van der Waals surface area (Å²) in [6.45, 7) is 0.335. The molecule has 0 aromatic heterocycles. The molecule has 1 aliphatic heterocycles. The van der Waals surface area contributed by atoms with Crippen molar-refractivity contribution in [2.75, 3.05) is 7.11 Å². The van der Waals surface area contributed by atoms with Crippen LogP contribution in [0.4, 0.5) is 4.39 Å². The summed E-state index contributed by atoms with van der Waals surface area (Å²) in [7, 11) is 1.47. The Morgan fingerprint density at radius 3 is 2.55 bits per heavy atom. The van der Waals surface area contributed by atoms with Crippen molar-refractivity contribution in [1.82, 2.24) is 10.6 Å². The number of carbonyl (C=O) groups is 2. The van der Waals surface area contributed by atoms with Crippen molar-refractivity contribution in [3.8, 4) is 22.6 Å². The summed E-state index contributed by atoms with van der Waals surface area (Å²) in [6, 6.07) is 16.1. The first-order valence-electron chi connectivity index (χ1n) is 9.52. The molecule has 0 atom stereocenters. The first-order valence-corrected chi connectivity index (χ1v) is 9.52. The SMILES string of the molecule is COc1ccc(CN/C=C2\C(=O)NC(=O)c3ccc(-c4cccc(F)c4)cc32)cc1O. The van der Waals surface area contributed by atoms with E-state index in [9.17, 15) is 19.1 Å². The van der Waals surface area contributed by atoms with Crippen LogP contribution in [0.5, 0.6) is 11.5 Å². The average Bonchev–Trinajstić information content (AvgIpc) is 2.76. The molecule has 156 valence electrons. The van der Waals surface area contributed by atoms with Gasteiger partial charge in [-0.2, -0.15) is 0 Å². The molecule has 0 fully saturated rings. The molecule has 3 N–H and O–H groups in total. The highest BCUT2D eigenvalue weighted by Gasteiger charge is 2.27. The lowest BCUT2D eigenvalue weighted by atomic mass is 9.91. The molecular formula is C24H19FN2O4. The van der Waals surface area contributed by atoms with E-state index in [0.717, 1.165) is 5.56 Å². The highest BCUT2D eigenvalue weighted by Crippen LogP contribution is 2.30. The lowest BCUT2D eigenvalue weighted by Gasteiger charge is -2.19. The number of aromatic hydroxyl groups is 1. The minimum Gasteiger partial charge on any atom is -0.504 e. The normalized spacial score (nSPS) is 14.2. The molecule has 1 aliphatic rings. The van der Waals surface area contributed by atoms with Crippen LogP contribution in [0.1, 0.15) is 21.5 Å². The Balaban J connectivity index is 1.64. The monoisotopic (exact) mass is 418 g/mol. The molecule has 0 spiro atoms. The van der Waals surface area contributed by atoms with E-state index < -0.39 is 11.8 Å². The lowest BCUT2D eigenvalue weighted by Crippen LogP contribution is -2.37. The van der Waals surface area contributed by atoms with Gasteiger partial charge in [-0.3, -0.25) is 14.9 Å². The summed E-state index contributed by atoms with van der Waals surface area (Å²) in [4.78, 5) is 24.7. The molecule has 3 aromatic rings. The van der Waals surface area contributed by atoms with E-state index in [1.54, 1.807) is 48.5 Å². The molecular weight excluding hydrogens is 399 g/mol. The maximum Gasteiger partial charge on any atom is 0.260 e. The van der Waals surface area contributed by atoms with Crippen LogP contribution in [0.25, 0.3) is 16.7 Å². The van der Waals surface area contributed by atoms with Gasteiger partial charge in [0.25, 0.3) is 11.8 Å². The van der Waals surface area contributed by atoms with Gasteiger partial charge in [-0.15, -0.1) is 0 Å². The van der Waals surface area contributed by atoms with Gasteiger partial charge in [0.2, 0.25) is 0 Å². The van der Waals surface area contributed by atoms with Crippen molar-refractivity contribution in [1.29, 1.82) is 0 Å². The average molecular weight is 418 g/mol. The Morgan fingerprint density at radius 2 is 1.81 bits per heavy atom. The fourth-order valence-corrected chi connectivity index (χ4v) is 3.43. The zero-order valence-corrected chi connectivity index (χ0v) is 16.6. The molecule has 4 rings (SSSR count). The van der Waals surface area contributed by atoms with E-state index in [2.05, 4.69) is 10.6 Å². The smallest absolute Gasteiger partial charge is 0.260 e. The number of imide groups is 1. The maximum absolute atomic E-state index is 13.6. The number of phenols is 1. The summed E-state index contributed by atoms with van der Waals surface area (Å²) in [5.41, 5.74) is 3.20. The number of rotatable bonds is 5. The number of fused-ring (bicyclic) bond motifs is 1.